The van der Waals surface area contributed by atoms with E-state index in [1.165, 1.54) is 25.0 Å². The fraction of sp³-hybridized carbons (Fsp3) is 0.417. The molecule has 0 aliphatic heterocycles. The van der Waals surface area contributed by atoms with Crippen molar-refractivity contribution in [1.82, 2.24) is 9.55 Å². The Balaban J connectivity index is 2.28. The zero-order valence-corrected chi connectivity index (χ0v) is 9.15. The van der Waals surface area contributed by atoms with Crippen LogP contribution in [0.2, 0.25) is 0 Å². The first kappa shape index (κ1) is 9.78. The molecule has 0 saturated heterocycles. The first-order chi connectivity index (χ1) is 7.66. The van der Waals surface area contributed by atoms with Crippen LogP contribution >= 0.6 is 0 Å². The fourth-order valence-corrected chi connectivity index (χ4v) is 2.13. The zero-order chi connectivity index (χ0) is 11.3. The number of rotatable bonds is 2. The summed E-state index contributed by atoms with van der Waals surface area (Å²) in [6.07, 6.45) is 2.34. The van der Waals surface area contributed by atoms with E-state index in [0.717, 1.165) is 11.3 Å². The maximum absolute atomic E-state index is 13.1. The summed E-state index contributed by atoms with van der Waals surface area (Å²) in [6.45, 7) is 1.91. The molecule has 1 fully saturated rings. The van der Waals surface area contributed by atoms with Crippen molar-refractivity contribution in [3.8, 4) is 0 Å². The predicted molar refractivity (Wildman–Crippen MR) is 60.6 cm³/mol. The molecule has 1 aliphatic rings. The molecule has 1 aromatic carbocycles. The highest BCUT2D eigenvalue weighted by Gasteiger charge is 2.29. The lowest BCUT2D eigenvalue weighted by Gasteiger charge is -2.09. The van der Waals surface area contributed by atoms with E-state index in [0.29, 0.717) is 11.6 Å². The molecule has 3 rings (SSSR count). The number of halogens is 1. The molecule has 16 heavy (non-hydrogen) atoms. The fourth-order valence-electron chi connectivity index (χ4n) is 2.13. The number of imidazole rings is 1. The number of nitrogens with two attached hydrogens (primary N) is 1. The van der Waals surface area contributed by atoms with Crippen LogP contribution in [0, 0.1) is 5.82 Å². The van der Waals surface area contributed by atoms with Crippen molar-refractivity contribution in [2.24, 2.45) is 5.73 Å². The number of aromatic nitrogens is 2. The molecule has 1 atom stereocenters. The van der Waals surface area contributed by atoms with Crippen LogP contribution in [0.15, 0.2) is 18.2 Å². The van der Waals surface area contributed by atoms with Gasteiger partial charge in [0.2, 0.25) is 0 Å². The topological polar surface area (TPSA) is 43.8 Å². The van der Waals surface area contributed by atoms with Crippen molar-refractivity contribution < 1.29 is 4.39 Å². The smallest absolute Gasteiger partial charge is 0.126 e. The van der Waals surface area contributed by atoms with Gasteiger partial charge in [0, 0.05) is 12.1 Å². The Labute approximate surface area is 93.1 Å². The Morgan fingerprint density at radius 1 is 1.50 bits per heavy atom. The van der Waals surface area contributed by atoms with Gasteiger partial charge >= 0.3 is 0 Å². The number of hydrogen-bond acceptors (Lipinski definition) is 2. The maximum Gasteiger partial charge on any atom is 0.126 e. The van der Waals surface area contributed by atoms with Crippen LogP contribution < -0.4 is 5.73 Å². The third kappa shape index (κ3) is 1.41. The summed E-state index contributed by atoms with van der Waals surface area (Å²) in [5.41, 5.74) is 7.61. The van der Waals surface area contributed by atoms with Crippen LogP contribution in [0.25, 0.3) is 11.0 Å². The minimum atomic E-state index is -0.246. The molecule has 0 amide bonds. The monoisotopic (exact) mass is 219 g/mol. The van der Waals surface area contributed by atoms with E-state index in [9.17, 15) is 4.39 Å². The van der Waals surface area contributed by atoms with Crippen molar-refractivity contribution in [3.63, 3.8) is 0 Å². The molecule has 1 heterocycles. The van der Waals surface area contributed by atoms with Gasteiger partial charge in [0.15, 0.2) is 0 Å². The molecule has 2 N–H and O–H groups in total. The zero-order valence-electron chi connectivity index (χ0n) is 9.15. The second-order valence-corrected chi connectivity index (χ2v) is 4.49. The molecule has 3 nitrogen and oxygen atoms in total. The number of fused-ring (bicyclic) bond motifs is 1. The van der Waals surface area contributed by atoms with Crippen LogP contribution in [-0.2, 0) is 0 Å². The minimum Gasteiger partial charge on any atom is -0.324 e. The highest BCUT2D eigenvalue weighted by Crippen LogP contribution is 2.39. The first-order valence-corrected chi connectivity index (χ1v) is 5.60. The highest BCUT2D eigenvalue weighted by atomic mass is 19.1. The van der Waals surface area contributed by atoms with Crippen LogP contribution in [0.3, 0.4) is 0 Å². The van der Waals surface area contributed by atoms with Gasteiger partial charge < -0.3 is 10.3 Å². The van der Waals surface area contributed by atoms with E-state index in [4.69, 9.17) is 5.73 Å². The molecule has 2 aromatic rings. The highest BCUT2D eigenvalue weighted by molar-refractivity contribution is 5.76. The van der Waals surface area contributed by atoms with Gasteiger partial charge in [0.05, 0.1) is 17.1 Å². The molecule has 4 heteroatoms. The lowest BCUT2D eigenvalue weighted by molar-refractivity contribution is 0.629. The van der Waals surface area contributed by atoms with E-state index >= 15 is 0 Å². The largest absolute Gasteiger partial charge is 0.324 e. The van der Waals surface area contributed by atoms with Gasteiger partial charge in [-0.15, -0.1) is 0 Å². The van der Waals surface area contributed by atoms with E-state index < -0.39 is 0 Å². The van der Waals surface area contributed by atoms with Crippen molar-refractivity contribution in [3.05, 3.63) is 29.8 Å². The van der Waals surface area contributed by atoms with E-state index in [1.54, 1.807) is 6.07 Å². The van der Waals surface area contributed by atoms with Gasteiger partial charge in [0.25, 0.3) is 0 Å². The van der Waals surface area contributed by atoms with Crippen molar-refractivity contribution in [2.75, 3.05) is 0 Å². The quantitative estimate of drug-likeness (QED) is 0.843. The average Bonchev–Trinajstić information content (AvgIpc) is 2.99. The Morgan fingerprint density at radius 3 is 2.88 bits per heavy atom. The summed E-state index contributed by atoms with van der Waals surface area (Å²) in [5.74, 6) is 0.618. The summed E-state index contributed by atoms with van der Waals surface area (Å²) in [4.78, 5) is 4.43. The Morgan fingerprint density at radius 2 is 2.25 bits per heavy atom. The van der Waals surface area contributed by atoms with Crippen molar-refractivity contribution >= 4 is 11.0 Å². The summed E-state index contributed by atoms with van der Waals surface area (Å²) >= 11 is 0. The first-order valence-electron chi connectivity index (χ1n) is 5.60. The number of nitrogens with zero attached hydrogens (tertiary/aromatic N) is 2. The predicted octanol–water partition coefficient (Wildman–Crippen LogP) is 2.53. The van der Waals surface area contributed by atoms with Crippen LogP contribution in [-0.4, -0.2) is 9.55 Å². The lowest BCUT2D eigenvalue weighted by Crippen LogP contribution is -2.12. The van der Waals surface area contributed by atoms with Crippen LogP contribution in [0.4, 0.5) is 4.39 Å². The molecule has 0 spiro atoms. The molecule has 84 valence electrons. The maximum atomic E-state index is 13.1. The third-order valence-corrected chi connectivity index (χ3v) is 3.00. The average molecular weight is 219 g/mol. The second kappa shape index (κ2) is 3.28. The SMILES string of the molecule is C[C@H](N)c1nc2cc(F)ccc2n1C1CC1. The van der Waals surface area contributed by atoms with E-state index in [2.05, 4.69) is 9.55 Å². The summed E-state index contributed by atoms with van der Waals surface area (Å²) in [6, 6.07) is 5.14. The molecule has 1 aliphatic carbocycles. The van der Waals surface area contributed by atoms with Gasteiger partial charge in [-0.25, -0.2) is 9.37 Å². The second-order valence-electron chi connectivity index (χ2n) is 4.49. The molecule has 1 aromatic heterocycles. The molecule has 0 bridgehead atoms. The van der Waals surface area contributed by atoms with Crippen molar-refractivity contribution in [2.45, 2.75) is 31.8 Å². The third-order valence-electron chi connectivity index (χ3n) is 3.00. The Hall–Kier alpha value is -1.42. The molecular formula is C12H14FN3. The minimum absolute atomic E-state index is 0.115. The van der Waals surface area contributed by atoms with Gasteiger partial charge in [-0.05, 0) is 31.9 Å². The standard InChI is InChI=1S/C12H14FN3/c1-7(14)12-15-10-6-8(13)2-5-11(10)16(12)9-3-4-9/h2,5-7,9H,3-4,14H2,1H3/t7-/m0/s1. The molecule has 0 unspecified atom stereocenters. The van der Waals surface area contributed by atoms with Crippen LogP contribution in [0.5, 0.6) is 0 Å². The van der Waals surface area contributed by atoms with Gasteiger partial charge in [-0.1, -0.05) is 0 Å². The Bertz CT molecular complexity index is 540. The number of benzene rings is 1. The van der Waals surface area contributed by atoms with Gasteiger partial charge in [-0.2, -0.15) is 0 Å². The number of hydrogen-bond donors (Lipinski definition) is 1. The molecular weight excluding hydrogens is 205 g/mol. The normalized spacial score (nSPS) is 17.9. The van der Waals surface area contributed by atoms with Gasteiger partial charge in [-0.3, -0.25) is 0 Å². The van der Waals surface area contributed by atoms with E-state index in [-0.39, 0.29) is 11.9 Å². The van der Waals surface area contributed by atoms with Crippen LogP contribution in [0.1, 0.15) is 37.7 Å². The summed E-state index contributed by atoms with van der Waals surface area (Å²) < 4.78 is 15.3. The van der Waals surface area contributed by atoms with Gasteiger partial charge in [0.1, 0.15) is 11.6 Å². The van der Waals surface area contributed by atoms with E-state index in [1.807, 2.05) is 6.92 Å². The molecule has 0 radical (unpaired) electrons. The molecule has 1 saturated carbocycles. The summed E-state index contributed by atoms with van der Waals surface area (Å²) in [7, 11) is 0. The lowest BCUT2D eigenvalue weighted by atomic mass is 10.3. The van der Waals surface area contributed by atoms with Crippen molar-refractivity contribution in [1.29, 1.82) is 0 Å². The summed E-state index contributed by atoms with van der Waals surface area (Å²) in [5, 5.41) is 0. The Kier molecular flexibility index (Phi) is 2.01.